The molecule has 1 saturated heterocycles. The zero-order chi connectivity index (χ0) is 12.7. The van der Waals surface area contributed by atoms with Crippen molar-refractivity contribution < 1.29 is 14.7 Å². The van der Waals surface area contributed by atoms with Gasteiger partial charge in [0.2, 0.25) is 5.91 Å². The van der Waals surface area contributed by atoms with Crippen LogP contribution < -0.4 is 10.2 Å². The smallest absolute Gasteiger partial charge is 0.335 e. The summed E-state index contributed by atoms with van der Waals surface area (Å²) in [6.45, 7) is 0.859. The fourth-order valence-corrected chi connectivity index (χ4v) is 2.73. The Hall–Kier alpha value is -2.04. The number of carboxylic acids is 1. The second-order valence-electron chi connectivity index (χ2n) is 4.73. The van der Waals surface area contributed by atoms with Gasteiger partial charge in [0.05, 0.1) is 16.9 Å². The van der Waals surface area contributed by atoms with Gasteiger partial charge in [0.15, 0.2) is 0 Å². The summed E-state index contributed by atoms with van der Waals surface area (Å²) in [4.78, 5) is 25.0. The molecule has 3 rings (SSSR count). The molecule has 0 radical (unpaired) electrons. The number of fused-ring (bicyclic) bond motifs is 3. The minimum atomic E-state index is -0.979. The van der Waals surface area contributed by atoms with E-state index in [0.29, 0.717) is 5.69 Å². The minimum absolute atomic E-state index is 0.0234. The van der Waals surface area contributed by atoms with Crippen LogP contribution >= 0.6 is 0 Å². The number of carbonyl (C=O) groups is 2. The number of hydrogen-bond donors (Lipinski definition) is 2. The highest BCUT2D eigenvalue weighted by Crippen LogP contribution is 2.36. The molecular weight excluding hydrogens is 232 g/mol. The maximum absolute atomic E-state index is 12.0. The fraction of sp³-hybridized carbons (Fsp3) is 0.385. The van der Waals surface area contributed by atoms with Crippen LogP contribution in [-0.4, -0.2) is 29.6 Å². The van der Waals surface area contributed by atoms with Crippen LogP contribution in [0.15, 0.2) is 18.2 Å². The van der Waals surface area contributed by atoms with Crippen molar-refractivity contribution >= 4 is 23.3 Å². The summed E-state index contributed by atoms with van der Waals surface area (Å²) in [6, 6.07) is 4.81. The molecule has 1 fully saturated rings. The molecule has 0 saturated carbocycles. The first kappa shape index (κ1) is 11.1. The molecule has 1 amide bonds. The number of amides is 1. The number of benzene rings is 1. The largest absolute Gasteiger partial charge is 0.478 e. The van der Waals surface area contributed by atoms with E-state index in [1.807, 2.05) is 0 Å². The summed E-state index contributed by atoms with van der Waals surface area (Å²) in [5, 5.41) is 11.8. The third kappa shape index (κ3) is 1.63. The van der Waals surface area contributed by atoms with Crippen molar-refractivity contribution in [2.45, 2.75) is 25.3 Å². The molecule has 2 heterocycles. The van der Waals surface area contributed by atoms with E-state index in [1.54, 1.807) is 12.1 Å². The van der Waals surface area contributed by atoms with Gasteiger partial charge in [-0.15, -0.1) is 0 Å². The Bertz CT molecular complexity index is 527. The molecule has 1 atom stereocenters. The normalized spacial score (nSPS) is 21.9. The maximum Gasteiger partial charge on any atom is 0.335 e. The number of hydrogen-bond acceptors (Lipinski definition) is 3. The lowest BCUT2D eigenvalue weighted by Gasteiger charge is -2.41. The Kier molecular flexibility index (Phi) is 2.47. The van der Waals surface area contributed by atoms with Crippen molar-refractivity contribution in [2.75, 3.05) is 16.8 Å². The molecule has 0 aromatic heterocycles. The molecule has 1 aromatic carbocycles. The highest BCUT2D eigenvalue weighted by atomic mass is 16.4. The molecule has 0 spiro atoms. The monoisotopic (exact) mass is 246 g/mol. The number of piperidine rings is 1. The van der Waals surface area contributed by atoms with Crippen LogP contribution in [0.5, 0.6) is 0 Å². The average Bonchev–Trinajstić information content (AvgIpc) is 2.38. The molecule has 1 unspecified atom stereocenters. The molecule has 5 nitrogen and oxygen atoms in total. The number of nitrogens with one attached hydrogen (secondary N) is 1. The number of rotatable bonds is 1. The van der Waals surface area contributed by atoms with Crippen molar-refractivity contribution in [3.63, 3.8) is 0 Å². The standard InChI is InChI=1S/C13H14N2O3/c16-12-11-3-1-2-6-15(11)10-5-4-8(13(17)18)7-9(10)14-12/h4-5,7,11H,1-3,6H2,(H,14,16)(H,17,18). The van der Waals surface area contributed by atoms with E-state index in [9.17, 15) is 9.59 Å². The number of anilines is 2. The zero-order valence-corrected chi connectivity index (χ0v) is 9.85. The molecular formula is C13H14N2O3. The zero-order valence-electron chi connectivity index (χ0n) is 9.85. The maximum atomic E-state index is 12.0. The summed E-state index contributed by atoms with van der Waals surface area (Å²) >= 11 is 0. The fourth-order valence-electron chi connectivity index (χ4n) is 2.73. The van der Waals surface area contributed by atoms with Gasteiger partial charge >= 0.3 is 5.97 Å². The van der Waals surface area contributed by atoms with Gasteiger partial charge in [0.25, 0.3) is 0 Å². The van der Waals surface area contributed by atoms with Crippen molar-refractivity contribution in [3.8, 4) is 0 Å². The quantitative estimate of drug-likeness (QED) is 0.791. The Labute approximate surface area is 104 Å². The number of carboxylic acid groups (broad SMARTS) is 1. The molecule has 0 bridgehead atoms. The van der Waals surface area contributed by atoms with Gasteiger partial charge in [-0.3, -0.25) is 4.79 Å². The van der Waals surface area contributed by atoms with Gasteiger partial charge in [0.1, 0.15) is 6.04 Å². The van der Waals surface area contributed by atoms with E-state index in [1.165, 1.54) is 6.07 Å². The Balaban J connectivity index is 2.04. The Morgan fingerprint density at radius 2 is 2.22 bits per heavy atom. The van der Waals surface area contributed by atoms with Crippen molar-refractivity contribution in [3.05, 3.63) is 23.8 Å². The topological polar surface area (TPSA) is 69.6 Å². The summed E-state index contributed by atoms with van der Waals surface area (Å²) in [5.74, 6) is -1.00. The Morgan fingerprint density at radius 3 is 3.00 bits per heavy atom. The molecule has 2 aliphatic rings. The lowest BCUT2D eigenvalue weighted by atomic mass is 9.97. The van der Waals surface area contributed by atoms with E-state index < -0.39 is 5.97 Å². The van der Waals surface area contributed by atoms with E-state index in [-0.39, 0.29) is 17.5 Å². The van der Waals surface area contributed by atoms with E-state index >= 15 is 0 Å². The van der Waals surface area contributed by atoms with Crippen molar-refractivity contribution in [2.24, 2.45) is 0 Å². The first-order valence-corrected chi connectivity index (χ1v) is 6.11. The lowest BCUT2D eigenvalue weighted by Crippen LogP contribution is -2.50. The summed E-state index contributed by atoms with van der Waals surface area (Å²) in [5.41, 5.74) is 1.74. The van der Waals surface area contributed by atoms with E-state index in [0.717, 1.165) is 31.5 Å². The molecule has 5 heteroatoms. The van der Waals surface area contributed by atoms with Gasteiger partial charge in [-0.05, 0) is 37.5 Å². The summed E-state index contributed by atoms with van der Waals surface area (Å²) in [6.07, 6.45) is 3.01. The van der Waals surface area contributed by atoms with Gasteiger partial charge < -0.3 is 15.3 Å². The number of nitrogens with zero attached hydrogens (tertiary/aromatic N) is 1. The third-order valence-electron chi connectivity index (χ3n) is 3.62. The van der Waals surface area contributed by atoms with Crippen LogP contribution in [0.4, 0.5) is 11.4 Å². The van der Waals surface area contributed by atoms with Crippen LogP contribution in [0.3, 0.4) is 0 Å². The van der Waals surface area contributed by atoms with Gasteiger partial charge in [-0.1, -0.05) is 0 Å². The first-order valence-electron chi connectivity index (χ1n) is 6.11. The molecule has 2 N–H and O–H groups in total. The van der Waals surface area contributed by atoms with E-state index in [2.05, 4.69) is 10.2 Å². The minimum Gasteiger partial charge on any atom is -0.478 e. The highest BCUT2D eigenvalue weighted by molar-refractivity contribution is 6.05. The van der Waals surface area contributed by atoms with Gasteiger partial charge in [-0.2, -0.15) is 0 Å². The predicted octanol–water partition coefficient (Wildman–Crippen LogP) is 1.70. The van der Waals surface area contributed by atoms with E-state index in [4.69, 9.17) is 5.11 Å². The molecule has 94 valence electrons. The first-order chi connectivity index (χ1) is 8.66. The van der Waals surface area contributed by atoms with Crippen molar-refractivity contribution in [1.82, 2.24) is 0 Å². The van der Waals surface area contributed by atoms with Gasteiger partial charge in [0, 0.05) is 6.54 Å². The van der Waals surface area contributed by atoms with Crippen LogP contribution in [0, 0.1) is 0 Å². The number of aromatic carboxylic acids is 1. The second-order valence-corrected chi connectivity index (χ2v) is 4.73. The molecule has 1 aromatic rings. The molecule has 2 aliphatic heterocycles. The van der Waals surface area contributed by atoms with Crippen molar-refractivity contribution in [1.29, 1.82) is 0 Å². The molecule has 18 heavy (non-hydrogen) atoms. The highest BCUT2D eigenvalue weighted by Gasteiger charge is 2.34. The summed E-state index contributed by atoms with van der Waals surface area (Å²) in [7, 11) is 0. The SMILES string of the molecule is O=C(O)c1ccc2c(c1)NC(=O)C1CCCCN21. The van der Waals surface area contributed by atoms with Gasteiger partial charge in [-0.25, -0.2) is 4.79 Å². The number of carbonyl (C=O) groups excluding carboxylic acids is 1. The lowest BCUT2D eigenvalue weighted by molar-refractivity contribution is -0.118. The van der Waals surface area contributed by atoms with Crippen LogP contribution in [0.2, 0.25) is 0 Å². The Morgan fingerprint density at radius 1 is 1.39 bits per heavy atom. The summed E-state index contributed by atoms with van der Waals surface area (Å²) < 4.78 is 0. The van der Waals surface area contributed by atoms with Crippen LogP contribution in [-0.2, 0) is 4.79 Å². The third-order valence-corrected chi connectivity index (χ3v) is 3.62. The molecule has 0 aliphatic carbocycles. The predicted molar refractivity (Wildman–Crippen MR) is 67.0 cm³/mol. The van der Waals surface area contributed by atoms with Crippen LogP contribution in [0.25, 0.3) is 0 Å². The average molecular weight is 246 g/mol. The second kappa shape index (κ2) is 4.01. The van der Waals surface area contributed by atoms with Crippen LogP contribution in [0.1, 0.15) is 29.6 Å².